The summed E-state index contributed by atoms with van der Waals surface area (Å²) in [6, 6.07) is 15.5. The van der Waals surface area contributed by atoms with Crippen LogP contribution in [0.25, 0.3) is 0 Å². The summed E-state index contributed by atoms with van der Waals surface area (Å²) in [7, 11) is 0. The smallest absolute Gasteiger partial charge is 0.240 e. The van der Waals surface area contributed by atoms with Crippen LogP contribution in [0.5, 0.6) is 0 Å². The first-order valence-electron chi connectivity index (χ1n) is 7.63. The number of carbonyl (C=O) groups excluding carboxylic acids is 2. The number of carbonyl (C=O) groups is 2. The van der Waals surface area contributed by atoms with Crippen LogP contribution >= 0.6 is 0 Å². The summed E-state index contributed by atoms with van der Waals surface area (Å²) in [4.78, 5) is 25.5. The molecule has 0 aliphatic heterocycles. The molecule has 0 bridgehead atoms. The zero-order valence-corrected chi connectivity index (χ0v) is 13.8. The van der Waals surface area contributed by atoms with Crippen LogP contribution in [0, 0.1) is 13.8 Å². The van der Waals surface area contributed by atoms with Crippen LogP contribution in [-0.4, -0.2) is 18.4 Å². The van der Waals surface area contributed by atoms with Crippen LogP contribution < -0.4 is 10.2 Å². The van der Waals surface area contributed by atoms with Crippen molar-refractivity contribution in [2.75, 3.05) is 11.4 Å². The Bertz CT molecular complexity index is 710. The summed E-state index contributed by atoms with van der Waals surface area (Å²) >= 11 is 0. The lowest BCUT2D eigenvalue weighted by Gasteiger charge is -2.21. The van der Waals surface area contributed by atoms with Gasteiger partial charge in [0, 0.05) is 19.2 Å². The first kappa shape index (κ1) is 16.7. The highest BCUT2D eigenvalue weighted by Gasteiger charge is 2.15. The third-order valence-corrected chi connectivity index (χ3v) is 3.73. The first-order chi connectivity index (χ1) is 11.0. The molecule has 0 saturated heterocycles. The summed E-state index contributed by atoms with van der Waals surface area (Å²) in [5.41, 5.74) is 4.00. The molecule has 2 aromatic rings. The van der Waals surface area contributed by atoms with Crippen molar-refractivity contribution in [3.8, 4) is 0 Å². The Labute approximate surface area is 137 Å². The Hall–Kier alpha value is -2.62. The highest BCUT2D eigenvalue weighted by Crippen LogP contribution is 2.16. The van der Waals surface area contributed by atoms with E-state index in [1.807, 2.05) is 62.4 Å². The maximum Gasteiger partial charge on any atom is 0.240 e. The molecule has 0 spiro atoms. The number of rotatable bonds is 5. The number of anilines is 1. The van der Waals surface area contributed by atoms with E-state index in [4.69, 9.17) is 0 Å². The molecule has 0 fully saturated rings. The van der Waals surface area contributed by atoms with Crippen molar-refractivity contribution in [1.82, 2.24) is 5.32 Å². The van der Waals surface area contributed by atoms with Crippen LogP contribution in [0.4, 0.5) is 5.69 Å². The number of nitrogens with one attached hydrogen (secondary N) is 1. The van der Waals surface area contributed by atoms with Gasteiger partial charge in [-0.3, -0.25) is 9.59 Å². The average molecular weight is 310 g/mol. The predicted molar refractivity (Wildman–Crippen MR) is 92.2 cm³/mol. The molecule has 2 rings (SSSR count). The van der Waals surface area contributed by atoms with E-state index in [0.717, 1.165) is 22.4 Å². The number of nitrogens with zero attached hydrogens (tertiary/aromatic N) is 1. The second-order valence-corrected chi connectivity index (χ2v) is 5.65. The van der Waals surface area contributed by atoms with E-state index in [2.05, 4.69) is 5.32 Å². The Morgan fingerprint density at radius 1 is 1.04 bits per heavy atom. The lowest BCUT2D eigenvalue weighted by Crippen LogP contribution is -2.39. The third kappa shape index (κ3) is 4.68. The second kappa shape index (κ2) is 7.58. The molecule has 0 aliphatic carbocycles. The van der Waals surface area contributed by atoms with E-state index >= 15 is 0 Å². The lowest BCUT2D eigenvalue weighted by atomic mass is 10.1. The molecule has 0 radical (unpaired) electrons. The Morgan fingerprint density at radius 3 is 2.43 bits per heavy atom. The van der Waals surface area contributed by atoms with E-state index in [1.165, 1.54) is 11.8 Å². The molecule has 2 amide bonds. The standard InChI is InChI=1S/C19H22N2O2/c1-14-7-6-10-18(11-14)21(16(3)22)13-19(23)20-12-17-9-5-4-8-15(17)2/h4-11H,12-13H2,1-3H3,(H,20,23). The van der Waals surface area contributed by atoms with E-state index in [9.17, 15) is 9.59 Å². The van der Waals surface area contributed by atoms with Gasteiger partial charge in [-0.05, 0) is 42.7 Å². The van der Waals surface area contributed by atoms with Crippen LogP contribution in [0.1, 0.15) is 23.6 Å². The quantitative estimate of drug-likeness (QED) is 0.923. The Balaban J connectivity index is 2.01. The zero-order valence-electron chi connectivity index (χ0n) is 13.8. The van der Waals surface area contributed by atoms with Gasteiger partial charge in [-0.2, -0.15) is 0 Å². The molecule has 4 heteroatoms. The third-order valence-electron chi connectivity index (χ3n) is 3.73. The molecule has 1 N–H and O–H groups in total. The average Bonchev–Trinajstić information content (AvgIpc) is 2.51. The predicted octanol–water partition coefficient (Wildman–Crippen LogP) is 2.97. The van der Waals surface area contributed by atoms with E-state index in [0.29, 0.717) is 6.54 Å². The minimum Gasteiger partial charge on any atom is -0.350 e. The van der Waals surface area contributed by atoms with Gasteiger partial charge >= 0.3 is 0 Å². The second-order valence-electron chi connectivity index (χ2n) is 5.65. The molecule has 0 heterocycles. The normalized spacial score (nSPS) is 10.2. The number of amides is 2. The molecule has 4 nitrogen and oxygen atoms in total. The molecule has 0 atom stereocenters. The monoisotopic (exact) mass is 310 g/mol. The summed E-state index contributed by atoms with van der Waals surface area (Å²) < 4.78 is 0. The zero-order chi connectivity index (χ0) is 16.8. The lowest BCUT2D eigenvalue weighted by molar-refractivity contribution is -0.123. The van der Waals surface area contributed by atoms with Gasteiger partial charge in [-0.25, -0.2) is 0 Å². The van der Waals surface area contributed by atoms with Gasteiger partial charge < -0.3 is 10.2 Å². The van der Waals surface area contributed by atoms with Gasteiger partial charge in [0.2, 0.25) is 11.8 Å². The molecule has 0 saturated carbocycles. The minimum absolute atomic E-state index is 0.0185. The highest BCUT2D eigenvalue weighted by atomic mass is 16.2. The largest absolute Gasteiger partial charge is 0.350 e. The highest BCUT2D eigenvalue weighted by molar-refractivity contribution is 5.97. The number of hydrogen-bond donors (Lipinski definition) is 1. The minimum atomic E-state index is -0.176. The van der Waals surface area contributed by atoms with Crippen molar-refractivity contribution in [2.24, 2.45) is 0 Å². The maximum atomic E-state index is 12.2. The summed E-state index contributed by atoms with van der Waals surface area (Å²) in [5.74, 6) is -0.327. The topological polar surface area (TPSA) is 49.4 Å². The fourth-order valence-electron chi connectivity index (χ4n) is 2.38. The summed E-state index contributed by atoms with van der Waals surface area (Å²) in [5, 5.41) is 2.88. The molecule has 23 heavy (non-hydrogen) atoms. The van der Waals surface area contributed by atoms with Crippen LogP contribution in [0.15, 0.2) is 48.5 Å². The first-order valence-corrected chi connectivity index (χ1v) is 7.63. The fraction of sp³-hybridized carbons (Fsp3) is 0.263. The Kier molecular flexibility index (Phi) is 5.52. The van der Waals surface area contributed by atoms with Gasteiger partial charge in [0.05, 0.1) is 0 Å². The van der Waals surface area contributed by atoms with Crippen molar-refractivity contribution < 1.29 is 9.59 Å². The number of aryl methyl sites for hydroxylation is 2. The molecule has 2 aromatic carbocycles. The Morgan fingerprint density at radius 2 is 1.78 bits per heavy atom. The maximum absolute atomic E-state index is 12.2. The van der Waals surface area contributed by atoms with E-state index in [1.54, 1.807) is 0 Å². The molecular weight excluding hydrogens is 288 g/mol. The van der Waals surface area contributed by atoms with Crippen molar-refractivity contribution in [2.45, 2.75) is 27.3 Å². The van der Waals surface area contributed by atoms with E-state index < -0.39 is 0 Å². The van der Waals surface area contributed by atoms with Gasteiger partial charge in [-0.1, -0.05) is 36.4 Å². The summed E-state index contributed by atoms with van der Waals surface area (Å²) in [6.07, 6.45) is 0. The van der Waals surface area contributed by atoms with Gasteiger partial charge in [0.15, 0.2) is 0 Å². The van der Waals surface area contributed by atoms with Crippen LogP contribution in [-0.2, 0) is 16.1 Å². The SMILES string of the molecule is CC(=O)N(CC(=O)NCc1ccccc1C)c1cccc(C)c1. The van der Waals surface area contributed by atoms with Crippen LogP contribution in [0.2, 0.25) is 0 Å². The fourth-order valence-corrected chi connectivity index (χ4v) is 2.38. The summed E-state index contributed by atoms with van der Waals surface area (Å²) in [6.45, 7) is 5.92. The van der Waals surface area contributed by atoms with Gasteiger partial charge in [0.1, 0.15) is 6.54 Å². The molecular formula is C19H22N2O2. The van der Waals surface area contributed by atoms with Crippen molar-refractivity contribution >= 4 is 17.5 Å². The van der Waals surface area contributed by atoms with E-state index in [-0.39, 0.29) is 18.4 Å². The molecule has 120 valence electrons. The molecule has 0 unspecified atom stereocenters. The van der Waals surface area contributed by atoms with Crippen molar-refractivity contribution in [1.29, 1.82) is 0 Å². The van der Waals surface area contributed by atoms with Gasteiger partial charge in [-0.15, -0.1) is 0 Å². The molecule has 0 aliphatic rings. The van der Waals surface area contributed by atoms with Crippen molar-refractivity contribution in [3.05, 3.63) is 65.2 Å². The van der Waals surface area contributed by atoms with Crippen molar-refractivity contribution in [3.63, 3.8) is 0 Å². The number of benzene rings is 2. The molecule has 0 aromatic heterocycles. The van der Waals surface area contributed by atoms with Gasteiger partial charge in [0.25, 0.3) is 0 Å². The number of hydrogen-bond acceptors (Lipinski definition) is 2. The van der Waals surface area contributed by atoms with Crippen LogP contribution in [0.3, 0.4) is 0 Å².